The number of allylic oxidation sites excluding steroid dienone is 2. The van der Waals surface area contributed by atoms with Crippen LogP contribution < -0.4 is 10.6 Å². The summed E-state index contributed by atoms with van der Waals surface area (Å²) in [6.45, 7) is 5.06. The summed E-state index contributed by atoms with van der Waals surface area (Å²) in [6, 6.07) is 1.44. The van der Waals surface area contributed by atoms with Crippen LogP contribution in [-0.4, -0.2) is 22.6 Å². The second-order valence-corrected chi connectivity index (χ2v) is 8.64. The minimum Gasteiger partial charge on any atom is -0.444 e. The van der Waals surface area contributed by atoms with Crippen LogP contribution in [-0.2, 0) is 10.3 Å². The highest BCUT2D eigenvalue weighted by Crippen LogP contribution is 2.51. The number of dihydropyridines is 1. The number of aromatic nitrogens is 1. The number of rotatable bonds is 3. The van der Waals surface area contributed by atoms with Crippen molar-refractivity contribution < 1.29 is 27.1 Å². The molecule has 1 amide bonds. The van der Waals surface area contributed by atoms with Crippen LogP contribution in [0.1, 0.15) is 52.0 Å². The summed E-state index contributed by atoms with van der Waals surface area (Å²) < 4.78 is 62.4. The van der Waals surface area contributed by atoms with Gasteiger partial charge in [-0.1, -0.05) is 0 Å². The molecule has 0 aromatic carbocycles. The third kappa shape index (κ3) is 4.60. The molecule has 1 aromatic heterocycles. The molecule has 2 heterocycles. The lowest BCUT2D eigenvalue weighted by atomic mass is 9.68. The number of amides is 1. The van der Waals surface area contributed by atoms with E-state index in [9.17, 15) is 18.0 Å². The maximum absolute atomic E-state index is 15.4. The molecule has 0 radical (unpaired) electrons. The van der Waals surface area contributed by atoms with Crippen molar-refractivity contribution in [1.29, 1.82) is 0 Å². The molecule has 0 saturated heterocycles. The van der Waals surface area contributed by atoms with E-state index in [1.807, 2.05) is 0 Å². The molecule has 3 rings (SSSR count). The molecular weight excluding hydrogens is 402 g/mol. The number of anilines is 1. The molecule has 0 spiro atoms. The van der Waals surface area contributed by atoms with Gasteiger partial charge in [-0.15, -0.1) is 0 Å². The SMILES string of the molecule is CC(C)(C)OC(=O)Nc1cnccc1C1(C2CCC(F)(F)CC2)NC(F)=CC=C1F. The Morgan fingerprint density at radius 2 is 1.90 bits per heavy atom. The smallest absolute Gasteiger partial charge is 0.412 e. The number of ether oxygens (including phenoxy) is 1. The van der Waals surface area contributed by atoms with Crippen LogP contribution in [0.4, 0.5) is 28.0 Å². The monoisotopic (exact) mass is 427 g/mol. The van der Waals surface area contributed by atoms with E-state index in [-0.39, 0.29) is 24.1 Å². The molecule has 1 fully saturated rings. The highest BCUT2D eigenvalue weighted by Gasteiger charge is 2.51. The van der Waals surface area contributed by atoms with E-state index in [1.54, 1.807) is 20.8 Å². The molecule has 1 saturated carbocycles. The van der Waals surface area contributed by atoms with Crippen molar-refractivity contribution in [2.75, 3.05) is 5.32 Å². The topological polar surface area (TPSA) is 63.2 Å². The quantitative estimate of drug-likeness (QED) is 0.479. The van der Waals surface area contributed by atoms with Crippen molar-refractivity contribution in [3.63, 3.8) is 0 Å². The summed E-state index contributed by atoms with van der Waals surface area (Å²) in [6.07, 6.45) is 2.89. The second-order valence-electron chi connectivity index (χ2n) is 8.64. The lowest BCUT2D eigenvalue weighted by molar-refractivity contribution is -0.0567. The molecule has 1 unspecified atom stereocenters. The lowest BCUT2D eigenvalue weighted by Gasteiger charge is -2.45. The number of carbonyl (C=O) groups is 1. The van der Waals surface area contributed by atoms with Crippen molar-refractivity contribution in [2.45, 2.75) is 63.5 Å². The average molecular weight is 427 g/mol. The summed E-state index contributed by atoms with van der Waals surface area (Å²) >= 11 is 0. The normalized spacial score (nSPS) is 24.4. The van der Waals surface area contributed by atoms with Gasteiger partial charge in [0.15, 0.2) is 5.95 Å². The molecule has 1 aromatic rings. The first-order valence-electron chi connectivity index (χ1n) is 9.77. The number of nitrogens with one attached hydrogen (secondary N) is 2. The Bertz CT molecular complexity index is 869. The van der Waals surface area contributed by atoms with Crippen LogP contribution in [0.3, 0.4) is 0 Å². The maximum atomic E-state index is 15.4. The van der Waals surface area contributed by atoms with Crippen LogP contribution in [0, 0.1) is 5.92 Å². The van der Waals surface area contributed by atoms with E-state index < -0.39 is 53.7 Å². The molecule has 164 valence electrons. The molecule has 1 aliphatic carbocycles. The van der Waals surface area contributed by atoms with Crippen LogP contribution in [0.2, 0.25) is 0 Å². The van der Waals surface area contributed by atoms with E-state index in [4.69, 9.17) is 4.74 Å². The summed E-state index contributed by atoms with van der Waals surface area (Å²) in [5.74, 6) is -5.03. The fourth-order valence-corrected chi connectivity index (χ4v) is 4.01. The number of alkyl halides is 2. The number of hydrogen-bond donors (Lipinski definition) is 2. The molecule has 9 heteroatoms. The minimum atomic E-state index is -2.84. The fraction of sp³-hybridized carbons (Fsp3) is 0.524. The van der Waals surface area contributed by atoms with Crippen LogP contribution in [0.5, 0.6) is 0 Å². The molecule has 0 bridgehead atoms. The summed E-state index contributed by atoms with van der Waals surface area (Å²) in [5, 5.41) is 5.07. The maximum Gasteiger partial charge on any atom is 0.412 e. The Morgan fingerprint density at radius 3 is 2.53 bits per heavy atom. The Balaban J connectivity index is 2.03. The first-order valence-corrected chi connectivity index (χ1v) is 9.77. The molecular formula is C21H25F4N3O2. The van der Waals surface area contributed by atoms with Gasteiger partial charge in [-0.2, -0.15) is 4.39 Å². The number of halogens is 4. The Morgan fingerprint density at radius 1 is 1.23 bits per heavy atom. The molecule has 2 aliphatic rings. The zero-order valence-corrected chi connectivity index (χ0v) is 17.1. The van der Waals surface area contributed by atoms with Crippen molar-refractivity contribution in [1.82, 2.24) is 10.3 Å². The number of carbonyl (C=O) groups excluding carboxylic acids is 1. The van der Waals surface area contributed by atoms with Gasteiger partial charge in [0, 0.05) is 24.6 Å². The van der Waals surface area contributed by atoms with E-state index in [0.717, 1.165) is 12.2 Å². The number of nitrogens with zero attached hydrogens (tertiary/aromatic N) is 1. The zero-order valence-electron chi connectivity index (χ0n) is 17.1. The Kier molecular flexibility index (Phi) is 5.84. The van der Waals surface area contributed by atoms with Gasteiger partial charge in [-0.25, -0.2) is 18.0 Å². The van der Waals surface area contributed by atoms with E-state index in [0.29, 0.717) is 0 Å². The van der Waals surface area contributed by atoms with Gasteiger partial charge in [-0.05, 0) is 57.7 Å². The third-order valence-electron chi connectivity index (χ3n) is 5.28. The molecule has 2 N–H and O–H groups in total. The predicted octanol–water partition coefficient (Wildman–Crippen LogP) is 5.72. The summed E-state index contributed by atoms with van der Waals surface area (Å²) in [4.78, 5) is 16.3. The van der Waals surface area contributed by atoms with Gasteiger partial charge in [0.05, 0.1) is 11.9 Å². The van der Waals surface area contributed by atoms with Gasteiger partial charge in [0.1, 0.15) is 17.0 Å². The summed E-state index contributed by atoms with van der Waals surface area (Å²) in [7, 11) is 0. The van der Waals surface area contributed by atoms with Gasteiger partial charge in [-0.3, -0.25) is 10.3 Å². The van der Waals surface area contributed by atoms with E-state index >= 15 is 4.39 Å². The van der Waals surface area contributed by atoms with Crippen LogP contribution in [0.15, 0.2) is 42.4 Å². The third-order valence-corrected chi connectivity index (χ3v) is 5.28. The van der Waals surface area contributed by atoms with E-state index in [1.165, 1.54) is 18.5 Å². The molecule has 30 heavy (non-hydrogen) atoms. The fourth-order valence-electron chi connectivity index (χ4n) is 4.01. The highest BCUT2D eigenvalue weighted by atomic mass is 19.3. The number of hydrogen-bond acceptors (Lipinski definition) is 4. The Hall–Kier alpha value is -2.58. The van der Waals surface area contributed by atoms with Crippen LogP contribution >= 0.6 is 0 Å². The van der Waals surface area contributed by atoms with Crippen molar-refractivity contribution >= 4 is 11.8 Å². The minimum absolute atomic E-state index is 0.0251. The largest absolute Gasteiger partial charge is 0.444 e. The van der Waals surface area contributed by atoms with Gasteiger partial charge < -0.3 is 10.1 Å². The Labute approximate surface area is 172 Å². The van der Waals surface area contributed by atoms with Crippen molar-refractivity contribution in [2.24, 2.45) is 5.92 Å². The van der Waals surface area contributed by atoms with E-state index in [2.05, 4.69) is 15.6 Å². The summed E-state index contributed by atoms with van der Waals surface area (Å²) in [5.41, 5.74) is -2.23. The number of pyridine rings is 1. The first-order chi connectivity index (χ1) is 13.9. The zero-order chi connectivity index (χ0) is 22.2. The standard InChI is InChI=1S/C21H25F4N3O2/c1-19(2,3)30-18(29)27-15-12-26-11-8-14(15)21(16(22)4-5-17(23)28-21)13-6-9-20(24,25)10-7-13/h4-5,8,11-13,28H,6-7,9-10H2,1-3H3,(H,27,29). The second kappa shape index (κ2) is 7.92. The van der Waals surface area contributed by atoms with Crippen LogP contribution in [0.25, 0.3) is 0 Å². The van der Waals surface area contributed by atoms with Gasteiger partial charge >= 0.3 is 6.09 Å². The highest BCUT2D eigenvalue weighted by molar-refractivity contribution is 5.86. The lowest BCUT2D eigenvalue weighted by Crippen LogP contribution is -2.51. The van der Waals surface area contributed by atoms with Gasteiger partial charge in [0.25, 0.3) is 0 Å². The molecule has 1 atom stereocenters. The first kappa shape index (κ1) is 22.1. The van der Waals surface area contributed by atoms with Crippen molar-refractivity contribution in [3.05, 3.63) is 48.0 Å². The predicted molar refractivity (Wildman–Crippen MR) is 104 cm³/mol. The molecule has 1 aliphatic heterocycles. The average Bonchev–Trinajstić information content (AvgIpc) is 2.63. The van der Waals surface area contributed by atoms with Gasteiger partial charge in [0.2, 0.25) is 5.92 Å². The molecule has 5 nitrogen and oxygen atoms in total. The van der Waals surface area contributed by atoms with Crippen molar-refractivity contribution in [3.8, 4) is 0 Å².